The summed E-state index contributed by atoms with van der Waals surface area (Å²) >= 11 is 7.34. The lowest BCUT2D eigenvalue weighted by Crippen LogP contribution is -2.44. The van der Waals surface area contributed by atoms with Gasteiger partial charge in [-0.15, -0.1) is 11.3 Å². The number of ether oxygens (including phenoxy) is 1. The highest BCUT2D eigenvalue weighted by molar-refractivity contribution is 7.80. The van der Waals surface area contributed by atoms with Crippen LogP contribution in [0.3, 0.4) is 0 Å². The summed E-state index contributed by atoms with van der Waals surface area (Å²) < 4.78 is 5.06. The topological polar surface area (TPSA) is 41.6 Å². The summed E-state index contributed by atoms with van der Waals surface area (Å²) in [6.45, 7) is 3.21. The zero-order chi connectivity index (χ0) is 17.1. The highest BCUT2D eigenvalue weighted by Gasteiger charge is 2.27. The van der Waals surface area contributed by atoms with Crippen LogP contribution in [-0.4, -0.2) is 35.7 Å². The first kappa shape index (κ1) is 17.7. The number of aryl methyl sites for hydroxylation is 1. The van der Waals surface area contributed by atoms with E-state index in [-0.39, 0.29) is 5.97 Å². The molecule has 6 heteroatoms. The zero-order valence-corrected chi connectivity index (χ0v) is 16.2. The van der Waals surface area contributed by atoms with Gasteiger partial charge in [-0.2, -0.15) is 0 Å². The number of esters is 1. The zero-order valence-electron chi connectivity index (χ0n) is 14.5. The standard InChI is InChI=1S/C18H26N2O2S2/c1-12-8-6-7-11-20(12)18(23)19-16-15(17(21)22-2)13-9-4-3-5-10-14(13)24-16/h12H,3-11H2,1-2H3,(H,19,23). The number of piperidine rings is 1. The minimum Gasteiger partial charge on any atom is -0.465 e. The molecule has 24 heavy (non-hydrogen) atoms. The van der Waals surface area contributed by atoms with Crippen molar-refractivity contribution in [1.82, 2.24) is 4.90 Å². The third-order valence-corrected chi connectivity index (χ3v) is 6.64. The van der Waals surface area contributed by atoms with Gasteiger partial charge in [0, 0.05) is 17.5 Å². The summed E-state index contributed by atoms with van der Waals surface area (Å²) in [7, 11) is 1.46. The molecule has 1 fully saturated rings. The van der Waals surface area contributed by atoms with E-state index in [1.54, 1.807) is 11.3 Å². The number of likely N-dealkylation sites (tertiary alicyclic amines) is 1. The van der Waals surface area contributed by atoms with E-state index in [1.165, 1.54) is 49.7 Å². The molecular weight excluding hydrogens is 340 g/mol. The van der Waals surface area contributed by atoms with E-state index in [1.807, 2.05) is 0 Å². The third-order valence-electron chi connectivity index (χ3n) is 5.10. The van der Waals surface area contributed by atoms with Crippen LogP contribution in [0.5, 0.6) is 0 Å². The molecule has 0 bridgehead atoms. The van der Waals surface area contributed by atoms with Crippen molar-refractivity contribution in [2.24, 2.45) is 0 Å². The van der Waals surface area contributed by atoms with Crippen LogP contribution in [0, 0.1) is 0 Å². The summed E-state index contributed by atoms with van der Waals surface area (Å²) in [5, 5.41) is 4.99. The Bertz CT molecular complexity index is 627. The molecule has 1 aliphatic heterocycles. The van der Waals surface area contributed by atoms with Crippen LogP contribution < -0.4 is 5.32 Å². The van der Waals surface area contributed by atoms with Gasteiger partial charge in [-0.1, -0.05) is 6.42 Å². The summed E-state index contributed by atoms with van der Waals surface area (Å²) in [4.78, 5) is 16.0. The first-order valence-electron chi connectivity index (χ1n) is 8.92. The van der Waals surface area contributed by atoms with Crippen molar-refractivity contribution < 1.29 is 9.53 Å². The number of thiophene rings is 1. The van der Waals surface area contributed by atoms with E-state index in [2.05, 4.69) is 17.1 Å². The second-order valence-corrected chi connectivity index (χ2v) is 8.22. The van der Waals surface area contributed by atoms with Crippen molar-refractivity contribution in [2.45, 2.75) is 64.3 Å². The maximum absolute atomic E-state index is 12.4. The molecule has 1 aliphatic carbocycles. The van der Waals surface area contributed by atoms with Crippen LogP contribution >= 0.6 is 23.6 Å². The number of nitrogens with one attached hydrogen (secondary N) is 1. The number of nitrogens with zero attached hydrogens (tertiary/aromatic N) is 1. The van der Waals surface area contributed by atoms with Crippen LogP contribution in [-0.2, 0) is 17.6 Å². The van der Waals surface area contributed by atoms with Gasteiger partial charge in [-0.25, -0.2) is 4.79 Å². The third kappa shape index (κ3) is 3.59. The molecule has 4 nitrogen and oxygen atoms in total. The van der Waals surface area contributed by atoms with Crippen LogP contribution in [0.2, 0.25) is 0 Å². The van der Waals surface area contributed by atoms with Gasteiger partial charge in [-0.05, 0) is 69.7 Å². The molecule has 2 aliphatic rings. The number of rotatable bonds is 2. The maximum Gasteiger partial charge on any atom is 0.341 e. The van der Waals surface area contributed by atoms with E-state index in [0.29, 0.717) is 11.6 Å². The second-order valence-electron chi connectivity index (χ2n) is 6.73. The van der Waals surface area contributed by atoms with Gasteiger partial charge >= 0.3 is 5.97 Å². The molecule has 1 aromatic rings. The average Bonchev–Trinajstić information content (AvgIpc) is 2.75. The van der Waals surface area contributed by atoms with Crippen molar-refractivity contribution in [1.29, 1.82) is 0 Å². The molecule has 1 N–H and O–H groups in total. The Morgan fingerprint density at radius 1 is 1.25 bits per heavy atom. The van der Waals surface area contributed by atoms with E-state index in [4.69, 9.17) is 17.0 Å². The molecule has 0 amide bonds. The average molecular weight is 367 g/mol. The van der Waals surface area contributed by atoms with Gasteiger partial charge in [0.15, 0.2) is 5.11 Å². The molecule has 0 spiro atoms. The Morgan fingerprint density at radius 3 is 2.79 bits per heavy atom. The second kappa shape index (κ2) is 7.83. The van der Waals surface area contributed by atoms with E-state index < -0.39 is 0 Å². The highest BCUT2D eigenvalue weighted by Crippen LogP contribution is 2.38. The summed E-state index contributed by atoms with van der Waals surface area (Å²) in [5.41, 5.74) is 1.90. The smallest absolute Gasteiger partial charge is 0.341 e. The number of hydrogen-bond acceptors (Lipinski definition) is 4. The Hall–Kier alpha value is -1.14. The predicted molar refractivity (Wildman–Crippen MR) is 103 cm³/mol. The van der Waals surface area contributed by atoms with Crippen molar-refractivity contribution in [2.75, 3.05) is 19.0 Å². The Labute approximate surface area is 153 Å². The van der Waals surface area contributed by atoms with Crippen LogP contribution in [0.15, 0.2) is 0 Å². The molecule has 0 aromatic carbocycles. The highest BCUT2D eigenvalue weighted by atomic mass is 32.1. The molecule has 1 atom stereocenters. The van der Waals surface area contributed by atoms with Crippen LogP contribution in [0.1, 0.15) is 66.2 Å². The van der Waals surface area contributed by atoms with Gasteiger partial charge in [0.05, 0.1) is 12.7 Å². The predicted octanol–water partition coefficient (Wildman–Crippen LogP) is 4.37. The Kier molecular flexibility index (Phi) is 5.76. The fourth-order valence-corrected chi connectivity index (χ4v) is 5.43. The molecule has 1 saturated heterocycles. The monoisotopic (exact) mass is 366 g/mol. The maximum atomic E-state index is 12.4. The number of methoxy groups -OCH3 is 1. The first-order valence-corrected chi connectivity index (χ1v) is 10.1. The van der Waals surface area contributed by atoms with Gasteiger partial charge in [0.25, 0.3) is 0 Å². The summed E-state index contributed by atoms with van der Waals surface area (Å²) in [6.07, 6.45) is 9.20. The fourth-order valence-electron chi connectivity index (χ4n) is 3.72. The van der Waals surface area contributed by atoms with E-state index in [0.717, 1.165) is 35.9 Å². The molecule has 0 radical (unpaired) electrons. The normalized spacial score (nSPS) is 20.9. The van der Waals surface area contributed by atoms with Crippen molar-refractivity contribution in [3.63, 3.8) is 0 Å². The Morgan fingerprint density at radius 2 is 2.04 bits per heavy atom. The number of thiocarbonyl (C=S) groups is 1. The molecule has 3 rings (SSSR count). The lowest BCUT2D eigenvalue weighted by Gasteiger charge is -2.35. The minimum absolute atomic E-state index is 0.244. The van der Waals surface area contributed by atoms with E-state index in [9.17, 15) is 4.79 Å². The lowest BCUT2D eigenvalue weighted by molar-refractivity contribution is 0.0601. The number of fused-ring (bicyclic) bond motifs is 1. The molecule has 0 saturated carbocycles. The first-order chi connectivity index (χ1) is 11.6. The number of hydrogen-bond donors (Lipinski definition) is 1. The lowest BCUT2D eigenvalue weighted by atomic mass is 10.0. The van der Waals surface area contributed by atoms with Gasteiger partial charge in [0.1, 0.15) is 5.00 Å². The summed E-state index contributed by atoms with van der Waals surface area (Å²) in [6, 6.07) is 0.457. The van der Waals surface area contributed by atoms with E-state index >= 15 is 0 Å². The number of carbonyl (C=O) groups is 1. The molecule has 1 unspecified atom stereocenters. The van der Waals surface area contributed by atoms with Crippen LogP contribution in [0.25, 0.3) is 0 Å². The van der Waals surface area contributed by atoms with Gasteiger partial charge in [0.2, 0.25) is 0 Å². The van der Waals surface area contributed by atoms with Crippen molar-refractivity contribution >= 4 is 39.6 Å². The number of anilines is 1. The largest absolute Gasteiger partial charge is 0.465 e. The molecule has 1 aromatic heterocycles. The van der Waals surface area contributed by atoms with Crippen molar-refractivity contribution in [3.8, 4) is 0 Å². The SMILES string of the molecule is COC(=O)c1c(NC(=S)N2CCCCC2C)sc2c1CCCCC2. The van der Waals surface area contributed by atoms with Crippen LogP contribution in [0.4, 0.5) is 5.00 Å². The fraction of sp³-hybridized carbons (Fsp3) is 0.667. The summed E-state index contributed by atoms with van der Waals surface area (Å²) in [5.74, 6) is -0.244. The quantitative estimate of drug-likeness (QED) is 0.478. The molecule has 132 valence electrons. The minimum atomic E-state index is -0.244. The number of carbonyl (C=O) groups excluding carboxylic acids is 1. The molecule has 2 heterocycles. The molecular formula is C18H26N2O2S2. The van der Waals surface area contributed by atoms with Crippen molar-refractivity contribution in [3.05, 3.63) is 16.0 Å². The van der Waals surface area contributed by atoms with Gasteiger partial charge in [-0.3, -0.25) is 0 Å². The van der Waals surface area contributed by atoms with Gasteiger partial charge < -0.3 is 15.0 Å². The Balaban J connectivity index is 1.86.